The predicted octanol–water partition coefficient (Wildman–Crippen LogP) is 2.18. The second kappa shape index (κ2) is 3.29. The van der Waals surface area contributed by atoms with E-state index in [4.69, 9.17) is 12.2 Å². The lowest BCUT2D eigenvalue weighted by atomic mass is 10.3. The fourth-order valence-electron chi connectivity index (χ4n) is 0.352. The minimum atomic E-state index is 1.11. The van der Waals surface area contributed by atoms with Gasteiger partial charge in [-0.15, -0.1) is 0 Å². The Morgan fingerprint density at radius 3 is 2.17 bits per heavy atom. The average molecular weight is 102 g/mol. The van der Waals surface area contributed by atoms with Gasteiger partial charge in [0.15, 0.2) is 0 Å². The summed E-state index contributed by atoms with van der Waals surface area (Å²) in [5.74, 6) is 0. The Balaban J connectivity index is 2.83. The lowest BCUT2D eigenvalue weighted by Gasteiger charge is -1.84. The Morgan fingerprint density at radius 2 is 2.17 bits per heavy atom. The molecule has 0 rings (SSSR count). The van der Waals surface area contributed by atoms with E-state index < -0.39 is 0 Å². The summed E-state index contributed by atoms with van der Waals surface area (Å²) in [6.07, 6.45) is 2.30. The third-order valence-electron chi connectivity index (χ3n) is 0.602. The molecule has 0 spiro atoms. The zero-order chi connectivity index (χ0) is 4.99. The van der Waals surface area contributed by atoms with Crippen LogP contribution in [0.15, 0.2) is 0 Å². The summed E-state index contributed by atoms with van der Waals surface area (Å²) in [5, 5.41) is 0. The maximum absolute atomic E-state index is 4.79. The molecule has 0 aliphatic heterocycles. The van der Waals surface area contributed by atoms with Crippen LogP contribution >= 0.6 is 12.2 Å². The van der Waals surface area contributed by atoms with Crippen molar-refractivity contribution in [2.45, 2.75) is 26.7 Å². The van der Waals surface area contributed by atoms with E-state index in [1.54, 1.807) is 0 Å². The first-order valence-electron chi connectivity index (χ1n) is 2.26. The van der Waals surface area contributed by atoms with Crippen LogP contribution < -0.4 is 0 Å². The molecule has 0 radical (unpaired) electrons. The van der Waals surface area contributed by atoms with Crippen molar-refractivity contribution in [1.82, 2.24) is 0 Å². The summed E-state index contributed by atoms with van der Waals surface area (Å²) >= 11 is 4.79. The number of thiocarbonyl (C=S) groups is 1. The van der Waals surface area contributed by atoms with Gasteiger partial charge in [-0.3, -0.25) is 0 Å². The molecular weight excluding hydrogens is 92.1 g/mol. The largest absolute Gasteiger partial charge is 0.0900 e. The Morgan fingerprint density at radius 1 is 1.67 bits per heavy atom. The molecule has 0 aromatic rings. The fourth-order valence-corrected chi connectivity index (χ4v) is 0.556. The maximum Gasteiger partial charge on any atom is -0.0103 e. The lowest BCUT2D eigenvalue weighted by molar-refractivity contribution is 1.00. The first-order chi connectivity index (χ1) is 2.77. The summed E-state index contributed by atoms with van der Waals surface area (Å²) in [6.45, 7) is 4.12. The van der Waals surface area contributed by atoms with Crippen molar-refractivity contribution >= 4 is 17.1 Å². The number of rotatable bonds is 2. The van der Waals surface area contributed by atoms with E-state index in [-0.39, 0.29) is 0 Å². The van der Waals surface area contributed by atoms with Crippen LogP contribution in [0.3, 0.4) is 0 Å². The zero-order valence-electron chi connectivity index (χ0n) is 4.32. The summed E-state index contributed by atoms with van der Waals surface area (Å²) in [4.78, 5) is 1.12. The summed E-state index contributed by atoms with van der Waals surface area (Å²) < 4.78 is 0. The van der Waals surface area contributed by atoms with Crippen molar-refractivity contribution in [2.75, 3.05) is 0 Å². The minimum absolute atomic E-state index is 1.11. The van der Waals surface area contributed by atoms with Crippen LogP contribution in [-0.4, -0.2) is 4.86 Å². The topological polar surface area (TPSA) is 0 Å². The normalized spacial score (nSPS) is 8.33. The molecule has 0 bridgehead atoms. The molecule has 0 saturated carbocycles. The monoisotopic (exact) mass is 102 g/mol. The van der Waals surface area contributed by atoms with Crippen LogP contribution in [0, 0.1) is 0 Å². The van der Waals surface area contributed by atoms with Crippen molar-refractivity contribution in [3.63, 3.8) is 0 Å². The molecule has 0 N–H and O–H groups in total. The van der Waals surface area contributed by atoms with Crippen LogP contribution in [0.1, 0.15) is 26.7 Å². The van der Waals surface area contributed by atoms with Crippen LogP contribution in [-0.2, 0) is 0 Å². The van der Waals surface area contributed by atoms with Gasteiger partial charge in [-0.2, -0.15) is 0 Å². The average Bonchev–Trinajstić information content (AvgIpc) is 1.35. The quantitative estimate of drug-likeness (QED) is 0.481. The SMILES string of the molecule is CCCC(C)=S. The molecule has 0 aliphatic carbocycles. The molecule has 0 aromatic heterocycles. The first-order valence-corrected chi connectivity index (χ1v) is 2.67. The Hall–Kier alpha value is 0.0900. The standard InChI is InChI=1S/C5H10S/c1-3-4-5(2)6/h3-4H2,1-2H3. The van der Waals surface area contributed by atoms with Crippen molar-refractivity contribution in [3.05, 3.63) is 0 Å². The Kier molecular flexibility index (Phi) is 3.34. The van der Waals surface area contributed by atoms with Crippen molar-refractivity contribution in [3.8, 4) is 0 Å². The van der Waals surface area contributed by atoms with Gasteiger partial charge in [0, 0.05) is 0 Å². The smallest absolute Gasteiger partial charge is 0.0103 e. The molecule has 1 heteroatoms. The number of hydrogen-bond acceptors (Lipinski definition) is 1. The molecule has 0 aromatic carbocycles. The zero-order valence-corrected chi connectivity index (χ0v) is 5.14. The Labute approximate surface area is 44.6 Å². The third-order valence-corrected chi connectivity index (χ3v) is 0.806. The molecule has 0 nitrogen and oxygen atoms in total. The molecule has 0 atom stereocenters. The van der Waals surface area contributed by atoms with Crippen LogP contribution in [0.4, 0.5) is 0 Å². The summed E-state index contributed by atoms with van der Waals surface area (Å²) in [5.41, 5.74) is 0. The second-order valence-corrected chi connectivity index (χ2v) is 2.15. The Bertz CT molecular complexity index is 47.9. The first kappa shape index (κ1) is 6.09. The van der Waals surface area contributed by atoms with Gasteiger partial charge in [0.25, 0.3) is 0 Å². The van der Waals surface area contributed by atoms with Crippen molar-refractivity contribution < 1.29 is 0 Å². The molecule has 0 amide bonds. The highest BCUT2D eigenvalue weighted by Gasteiger charge is 1.78. The van der Waals surface area contributed by atoms with Gasteiger partial charge >= 0.3 is 0 Å². The van der Waals surface area contributed by atoms with E-state index in [9.17, 15) is 0 Å². The van der Waals surface area contributed by atoms with Gasteiger partial charge < -0.3 is 0 Å². The van der Waals surface area contributed by atoms with E-state index in [1.165, 1.54) is 6.42 Å². The van der Waals surface area contributed by atoms with Gasteiger partial charge in [0.1, 0.15) is 0 Å². The summed E-state index contributed by atoms with van der Waals surface area (Å²) in [6, 6.07) is 0. The van der Waals surface area contributed by atoms with E-state index >= 15 is 0 Å². The van der Waals surface area contributed by atoms with E-state index in [0.717, 1.165) is 11.3 Å². The maximum atomic E-state index is 4.79. The van der Waals surface area contributed by atoms with Gasteiger partial charge in [0.05, 0.1) is 0 Å². The van der Waals surface area contributed by atoms with E-state index in [2.05, 4.69) is 6.92 Å². The van der Waals surface area contributed by atoms with E-state index in [1.807, 2.05) is 6.92 Å². The fraction of sp³-hybridized carbons (Fsp3) is 0.800. The number of hydrogen-bond donors (Lipinski definition) is 0. The molecule has 0 heterocycles. The lowest BCUT2D eigenvalue weighted by Crippen LogP contribution is -1.80. The molecule has 0 fully saturated rings. The van der Waals surface area contributed by atoms with Crippen molar-refractivity contribution in [2.24, 2.45) is 0 Å². The van der Waals surface area contributed by atoms with Crippen LogP contribution in [0.5, 0.6) is 0 Å². The van der Waals surface area contributed by atoms with Crippen LogP contribution in [0.25, 0.3) is 0 Å². The molecule has 6 heavy (non-hydrogen) atoms. The van der Waals surface area contributed by atoms with Gasteiger partial charge in [-0.25, -0.2) is 0 Å². The van der Waals surface area contributed by atoms with Gasteiger partial charge in [0.2, 0.25) is 0 Å². The molecule has 0 saturated heterocycles. The van der Waals surface area contributed by atoms with Gasteiger partial charge in [-0.05, 0) is 18.2 Å². The highest BCUT2D eigenvalue weighted by atomic mass is 32.1. The minimum Gasteiger partial charge on any atom is -0.0900 e. The van der Waals surface area contributed by atoms with Gasteiger partial charge in [-0.1, -0.05) is 25.6 Å². The molecule has 0 aliphatic rings. The summed E-state index contributed by atoms with van der Waals surface area (Å²) in [7, 11) is 0. The highest BCUT2D eigenvalue weighted by Crippen LogP contribution is 1.88. The highest BCUT2D eigenvalue weighted by molar-refractivity contribution is 7.80. The predicted molar refractivity (Wildman–Crippen MR) is 33.2 cm³/mol. The van der Waals surface area contributed by atoms with Crippen molar-refractivity contribution in [1.29, 1.82) is 0 Å². The third kappa shape index (κ3) is 4.09. The van der Waals surface area contributed by atoms with Crippen LogP contribution in [0.2, 0.25) is 0 Å². The second-order valence-electron chi connectivity index (χ2n) is 1.45. The molecule has 36 valence electrons. The molecular formula is C5H10S. The van der Waals surface area contributed by atoms with E-state index in [0.29, 0.717) is 0 Å². The molecule has 0 unspecified atom stereocenters.